The molecular formula is C26H22N2O7S2. The third-order valence-corrected chi connectivity index (χ3v) is 7.46. The van der Waals surface area contributed by atoms with Crippen LogP contribution in [-0.4, -0.2) is 22.9 Å². The van der Waals surface area contributed by atoms with Crippen molar-refractivity contribution < 1.29 is 30.0 Å². The van der Waals surface area contributed by atoms with Gasteiger partial charge in [0, 0.05) is 0 Å². The molecule has 0 aliphatic carbocycles. The number of hydrogen-bond acceptors (Lipinski definition) is 7. The van der Waals surface area contributed by atoms with Crippen molar-refractivity contribution in [3.05, 3.63) is 109 Å². The van der Waals surface area contributed by atoms with E-state index in [4.69, 9.17) is 8.37 Å². The molecule has 2 N–H and O–H groups in total. The third-order valence-electron chi connectivity index (χ3n) is 4.98. The minimum Gasteiger partial charge on any atom is -0.377 e. The zero-order valence-electron chi connectivity index (χ0n) is 19.5. The highest BCUT2D eigenvalue weighted by Gasteiger charge is 2.21. The number of anilines is 2. The van der Waals surface area contributed by atoms with Gasteiger partial charge in [-0.25, -0.2) is 4.79 Å². The van der Waals surface area contributed by atoms with Crippen LogP contribution in [0.2, 0.25) is 0 Å². The number of rotatable bonds is 8. The normalized spacial score (nSPS) is 11.4. The summed E-state index contributed by atoms with van der Waals surface area (Å²) < 4.78 is 61.3. The van der Waals surface area contributed by atoms with Crippen molar-refractivity contribution in [3.63, 3.8) is 0 Å². The third kappa shape index (κ3) is 6.46. The van der Waals surface area contributed by atoms with E-state index in [0.717, 1.165) is 5.56 Å². The van der Waals surface area contributed by atoms with Gasteiger partial charge >= 0.3 is 26.3 Å². The standard InChI is InChI=1S/C26H22N2O7S2/c1-19-10-9-13-21(18-19)37(32,33)35-25-17-8-6-15-23(25)28-26(29)27-22-14-5-7-16-24(22)34-36(30,31)20-11-3-2-4-12-20/h2-18H,1H3,(H2,27,28,29). The Morgan fingerprint density at radius 2 is 1.05 bits per heavy atom. The molecule has 37 heavy (non-hydrogen) atoms. The summed E-state index contributed by atoms with van der Waals surface area (Å²) in [7, 11) is -8.31. The molecule has 4 rings (SSSR count). The van der Waals surface area contributed by atoms with E-state index < -0.39 is 26.3 Å². The van der Waals surface area contributed by atoms with Gasteiger partial charge in [-0.15, -0.1) is 0 Å². The molecule has 0 fully saturated rings. The van der Waals surface area contributed by atoms with Crippen LogP contribution in [0.3, 0.4) is 0 Å². The molecule has 4 aromatic rings. The maximum atomic E-state index is 12.8. The summed E-state index contributed by atoms with van der Waals surface area (Å²) in [5, 5.41) is 5.04. The molecular weight excluding hydrogens is 516 g/mol. The van der Waals surface area contributed by atoms with E-state index in [2.05, 4.69) is 10.6 Å². The van der Waals surface area contributed by atoms with Gasteiger partial charge in [0.05, 0.1) is 11.4 Å². The average Bonchev–Trinajstić information content (AvgIpc) is 2.87. The zero-order chi connectivity index (χ0) is 26.5. The fraction of sp³-hybridized carbons (Fsp3) is 0.0385. The molecule has 0 aliphatic heterocycles. The summed E-state index contributed by atoms with van der Waals surface area (Å²) in [5.74, 6) is -0.205. The fourth-order valence-corrected chi connectivity index (χ4v) is 5.27. The summed E-state index contributed by atoms with van der Waals surface area (Å²) in [6.45, 7) is 1.76. The Hall–Kier alpha value is -4.35. The van der Waals surface area contributed by atoms with Gasteiger partial charge in [-0.3, -0.25) is 0 Å². The average molecular weight is 539 g/mol. The van der Waals surface area contributed by atoms with Crippen LogP contribution in [-0.2, 0) is 20.2 Å². The van der Waals surface area contributed by atoms with E-state index in [1.807, 2.05) is 0 Å². The van der Waals surface area contributed by atoms with Crippen molar-refractivity contribution >= 4 is 37.6 Å². The molecule has 190 valence electrons. The predicted molar refractivity (Wildman–Crippen MR) is 139 cm³/mol. The number of urea groups is 1. The lowest BCUT2D eigenvalue weighted by Gasteiger charge is -2.15. The molecule has 0 spiro atoms. The second-order valence-electron chi connectivity index (χ2n) is 7.78. The lowest BCUT2D eigenvalue weighted by molar-refractivity contribution is 0.262. The van der Waals surface area contributed by atoms with Gasteiger partial charge in [-0.2, -0.15) is 16.8 Å². The van der Waals surface area contributed by atoms with Crippen LogP contribution in [0.15, 0.2) is 113 Å². The Morgan fingerprint density at radius 3 is 1.59 bits per heavy atom. The molecule has 0 bridgehead atoms. The first-order valence-corrected chi connectivity index (χ1v) is 13.7. The van der Waals surface area contributed by atoms with Crippen LogP contribution in [0.25, 0.3) is 0 Å². The molecule has 11 heteroatoms. The van der Waals surface area contributed by atoms with Crippen LogP contribution >= 0.6 is 0 Å². The summed E-state index contributed by atoms with van der Waals surface area (Å²) in [6.07, 6.45) is 0. The molecule has 4 aromatic carbocycles. The SMILES string of the molecule is Cc1cccc(S(=O)(=O)Oc2ccccc2NC(=O)Nc2ccccc2OS(=O)(=O)c2ccccc2)c1. The molecule has 0 atom stereocenters. The van der Waals surface area contributed by atoms with Crippen LogP contribution in [0.4, 0.5) is 16.2 Å². The first-order valence-electron chi connectivity index (χ1n) is 10.9. The Morgan fingerprint density at radius 1 is 0.595 bits per heavy atom. The summed E-state index contributed by atoms with van der Waals surface area (Å²) >= 11 is 0. The fourth-order valence-electron chi connectivity index (χ4n) is 3.25. The topological polar surface area (TPSA) is 128 Å². The van der Waals surface area contributed by atoms with E-state index in [1.165, 1.54) is 48.5 Å². The molecule has 0 unspecified atom stereocenters. The van der Waals surface area contributed by atoms with Crippen LogP contribution in [0.1, 0.15) is 5.56 Å². The van der Waals surface area contributed by atoms with Gasteiger partial charge in [-0.1, -0.05) is 54.6 Å². The second-order valence-corrected chi connectivity index (χ2v) is 10.9. The number of hydrogen-bond donors (Lipinski definition) is 2. The molecule has 0 heterocycles. The Bertz CT molecular complexity index is 1640. The van der Waals surface area contributed by atoms with Gasteiger partial charge < -0.3 is 19.0 Å². The molecule has 9 nitrogen and oxygen atoms in total. The number of carbonyl (C=O) groups excluding carboxylic acids is 1. The maximum absolute atomic E-state index is 12.8. The predicted octanol–water partition coefficient (Wildman–Crippen LogP) is 5.17. The molecule has 0 saturated heterocycles. The largest absolute Gasteiger partial charge is 0.377 e. The van der Waals surface area contributed by atoms with E-state index in [9.17, 15) is 21.6 Å². The van der Waals surface area contributed by atoms with Gasteiger partial charge in [0.15, 0.2) is 11.5 Å². The van der Waals surface area contributed by atoms with E-state index >= 15 is 0 Å². The lowest BCUT2D eigenvalue weighted by Crippen LogP contribution is -2.21. The molecule has 2 amide bonds. The highest BCUT2D eigenvalue weighted by Crippen LogP contribution is 2.30. The minimum absolute atomic E-state index is 0.0301. The van der Waals surface area contributed by atoms with Crippen LogP contribution < -0.4 is 19.0 Å². The number of amides is 2. The van der Waals surface area contributed by atoms with Gasteiger partial charge in [0.2, 0.25) is 0 Å². The number of benzene rings is 4. The van der Waals surface area contributed by atoms with E-state index in [0.29, 0.717) is 0 Å². The zero-order valence-corrected chi connectivity index (χ0v) is 21.1. The number of carbonyl (C=O) groups is 1. The van der Waals surface area contributed by atoms with Crippen LogP contribution in [0, 0.1) is 6.92 Å². The lowest BCUT2D eigenvalue weighted by atomic mass is 10.2. The van der Waals surface area contributed by atoms with Crippen molar-refractivity contribution in [3.8, 4) is 11.5 Å². The molecule has 0 aliphatic rings. The first-order chi connectivity index (χ1) is 17.6. The number of aryl methyl sites for hydroxylation is 1. The van der Waals surface area contributed by atoms with E-state index in [-0.39, 0.29) is 32.7 Å². The molecule has 0 aromatic heterocycles. The smallest absolute Gasteiger partial charge is 0.339 e. The summed E-state index contributed by atoms with van der Waals surface area (Å²) in [6, 6.07) is 25.0. The Labute approximate surface area is 214 Å². The van der Waals surface area contributed by atoms with Crippen LogP contribution in [0.5, 0.6) is 11.5 Å². The van der Waals surface area contributed by atoms with Gasteiger partial charge in [-0.05, 0) is 61.0 Å². The maximum Gasteiger partial charge on any atom is 0.339 e. The highest BCUT2D eigenvalue weighted by atomic mass is 32.2. The summed E-state index contributed by atoms with van der Waals surface area (Å²) in [5.41, 5.74) is 0.891. The molecule has 0 radical (unpaired) electrons. The monoisotopic (exact) mass is 538 g/mol. The minimum atomic E-state index is -4.16. The second kappa shape index (κ2) is 10.7. The van der Waals surface area contributed by atoms with Crippen molar-refractivity contribution in [2.75, 3.05) is 10.6 Å². The van der Waals surface area contributed by atoms with Crippen molar-refractivity contribution in [1.29, 1.82) is 0 Å². The first kappa shape index (κ1) is 25.7. The van der Waals surface area contributed by atoms with E-state index in [1.54, 1.807) is 61.5 Å². The Kier molecular flexibility index (Phi) is 7.46. The van der Waals surface area contributed by atoms with Crippen molar-refractivity contribution in [2.24, 2.45) is 0 Å². The molecule has 0 saturated carbocycles. The summed E-state index contributed by atoms with van der Waals surface area (Å²) in [4.78, 5) is 12.7. The highest BCUT2D eigenvalue weighted by molar-refractivity contribution is 7.87. The quantitative estimate of drug-likeness (QED) is 0.296. The van der Waals surface area contributed by atoms with Gasteiger partial charge in [0.1, 0.15) is 9.79 Å². The number of para-hydroxylation sites is 4. The van der Waals surface area contributed by atoms with Crippen molar-refractivity contribution in [2.45, 2.75) is 16.7 Å². The van der Waals surface area contributed by atoms with Crippen molar-refractivity contribution in [1.82, 2.24) is 0 Å². The number of nitrogens with one attached hydrogen (secondary N) is 2. The van der Waals surface area contributed by atoms with Gasteiger partial charge in [0.25, 0.3) is 0 Å². The Balaban J connectivity index is 1.51.